The zero-order chi connectivity index (χ0) is 19.1. The quantitative estimate of drug-likeness (QED) is 0.508. The number of hydrogen-bond donors (Lipinski definition) is 0. The monoisotopic (exact) mass is 385 g/mol. The Morgan fingerprint density at radius 3 is 2.74 bits per heavy atom. The molecule has 0 radical (unpaired) electrons. The maximum Gasteiger partial charge on any atom is 0.279 e. The normalized spacial score (nSPS) is 13.3. The van der Waals surface area contributed by atoms with Gasteiger partial charge in [-0.25, -0.2) is 0 Å². The number of benzene rings is 2. The number of aryl methyl sites for hydroxylation is 2. The first-order valence-electron chi connectivity index (χ1n) is 8.25. The average Bonchev–Trinajstić information content (AvgIpc) is 3.22. The van der Waals surface area contributed by atoms with Gasteiger partial charge in [0, 0.05) is 35.9 Å². The third kappa shape index (κ3) is 2.95. The summed E-state index contributed by atoms with van der Waals surface area (Å²) in [5.74, 6) is 0.806. The lowest BCUT2D eigenvalue weighted by Gasteiger charge is -2.02. The molecule has 0 saturated heterocycles. The molecule has 1 amide bonds. The molecule has 0 unspecified atom stereocenters. The van der Waals surface area contributed by atoms with Gasteiger partial charge < -0.3 is 14.0 Å². The highest BCUT2D eigenvalue weighted by Crippen LogP contribution is 2.37. The Balaban J connectivity index is 1.82. The molecule has 1 aliphatic heterocycles. The number of rotatable bonds is 3. The highest BCUT2D eigenvalue weighted by atomic mass is 32.1. The summed E-state index contributed by atoms with van der Waals surface area (Å²) in [5, 5.41) is 11.1. The second-order valence-corrected chi connectivity index (χ2v) is 6.99. The summed E-state index contributed by atoms with van der Waals surface area (Å²) in [7, 11) is 0. The SMILES string of the molecule is CCn1c(=NC(=O)c2ccc(C)c([N+](=O)[O-])c2)sc2cc3c(cc21)OCO3. The van der Waals surface area contributed by atoms with E-state index in [1.54, 1.807) is 19.1 Å². The number of amides is 1. The van der Waals surface area contributed by atoms with Gasteiger partial charge in [0.15, 0.2) is 16.3 Å². The van der Waals surface area contributed by atoms with Crippen LogP contribution in [0.5, 0.6) is 11.5 Å². The van der Waals surface area contributed by atoms with E-state index in [1.165, 1.54) is 17.4 Å². The summed E-state index contributed by atoms with van der Waals surface area (Å²) < 4.78 is 13.6. The van der Waals surface area contributed by atoms with Crippen LogP contribution in [0.1, 0.15) is 22.8 Å². The number of aromatic nitrogens is 1. The average molecular weight is 385 g/mol. The number of carbonyl (C=O) groups excluding carboxylic acids is 1. The maximum atomic E-state index is 12.6. The van der Waals surface area contributed by atoms with Crippen molar-refractivity contribution in [1.29, 1.82) is 0 Å². The summed E-state index contributed by atoms with van der Waals surface area (Å²) >= 11 is 1.36. The van der Waals surface area contributed by atoms with Gasteiger partial charge in [-0.2, -0.15) is 4.99 Å². The van der Waals surface area contributed by atoms with Crippen LogP contribution < -0.4 is 14.3 Å². The molecule has 138 valence electrons. The fraction of sp³-hybridized carbons (Fsp3) is 0.222. The van der Waals surface area contributed by atoms with Crippen molar-refractivity contribution >= 4 is 33.1 Å². The van der Waals surface area contributed by atoms with Gasteiger partial charge in [0.05, 0.1) is 15.1 Å². The molecule has 9 heteroatoms. The summed E-state index contributed by atoms with van der Waals surface area (Å²) in [6, 6.07) is 8.11. The molecule has 1 aromatic heterocycles. The minimum Gasteiger partial charge on any atom is -0.454 e. The first-order chi connectivity index (χ1) is 13.0. The van der Waals surface area contributed by atoms with E-state index < -0.39 is 10.8 Å². The van der Waals surface area contributed by atoms with Crippen LogP contribution in [0.4, 0.5) is 5.69 Å². The molecule has 0 fully saturated rings. The minimum atomic E-state index is -0.521. The molecule has 27 heavy (non-hydrogen) atoms. The standard InChI is InChI=1S/C18H15N3O5S/c1-3-20-13-7-14-15(26-9-25-14)8-16(13)27-18(20)19-17(22)11-5-4-10(2)12(6-11)21(23)24/h4-8H,3,9H2,1-2H3. The number of ether oxygens (including phenoxy) is 2. The van der Waals surface area contributed by atoms with Crippen LogP contribution in [0.3, 0.4) is 0 Å². The maximum absolute atomic E-state index is 12.6. The Hall–Kier alpha value is -3.20. The highest BCUT2D eigenvalue weighted by Gasteiger charge is 2.18. The van der Waals surface area contributed by atoms with Crippen LogP contribution in [-0.2, 0) is 6.54 Å². The molecular formula is C18H15N3O5S. The van der Waals surface area contributed by atoms with Gasteiger partial charge in [-0.15, -0.1) is 0 Å². The number of nitrogens with zero attached hydrogens (tertiary/aromatic N) is 3. The number of carbonyl (C=O) groups is 1. The van der Waals surface area contributed by atoms with Crippen molar-refractivity contribution in [2.45, 2.75) is 20.4 Å². The molecule has 0 spiro atoms. The predicted molar refractivity (Wildman–Crippen MR) is 99.3 cm³/mol. The number of nitro benzene ring substituents is 1. The molecule has 2 heterocycles. The van der Waals surface area contributed by atoms with Crippen LogP contribution in [0, 0.1) is 17.0 Å². The number of fused-ring (bicyclic) bond motifs is 2. The van der Waals surface area contributed by atoms with E-state index in [9.17, 15) is 14.9 Å². The summed E-state index contributed by atoms with van der Waals surface area (Å²) in [6.07, 6.45) is 0. The van der Waals surface area contributed by atoms with Crippen molar-refractivity contribution in [3.8, 4) is 11.5 Å². The van der Waals surface area contributed by atoms with E-state index in [-0.39, 0.29) is 18.0 Å². The summed E-state index contributed by atoms with van der Waals surface area (Å²) in [5.41, 5.74) is 1.48. The Labute approximate surface area is 157 Å². The van der Waals surface area contributed by atoms with Crippen LogP contribution in [0.25, 0.3) is 10.2 Å². The second-order valence-electron chi connectivity index (χ2n) is 5.98. The molecule has 0 N–H and O–H groups in total. The topological polar surface area (TPSA) is 96.0 Å². The van der Waals surface area contributed by atoms with Crippen LogP contribution in [0.15, 0.2) is 35.3 Å². The molecule has 0 bridgehead atoms. The van der Waals surface area contributed by atoms with Crippen molar-refractivity contribution in [3.05, 3.63) is 56.4 Å². The van der Waals surface area contributed by atoms with E-state index in [2.05, 4.69) is 4.99 Å². The number of hydrogen-bond acceptors (Lipinski definition) is 6. The van der Waals surface area contributed by atoms with Crippen molar-refractivity contribution in [1.82, 2.24) is 4.57 Å². The van der Waals surface area contributed by atoms with Crippen molar-refractivity contribution in [3.63, 3.8) is 0 Å². The molecule has 4 rings (SSSR count). The van der Waals surface area contributed by atoms with Gasteiger partial charge in [-0.05, 0) is 19.9 Å². The fourth-order valence-corrected chi connectivity index (χ4v) is 4.04. The lowest BCUT2D eigenvalue weighted by Crippen LogP contribution is -2.16. The molecule has 2 aromatic carbocycles. The van der Waals surface area contributed by atoms with Crippen LogP contribution >= 0.6 is 11.3 Å². The smallest absolute Gasteiger partial charge is 0.279 e. The Morgan fingerprint density at radius 2 is 2.04 bits per heavy atom. The van der Waals surface area contributed by atoms with Crippen molar-refractivity contribution in [2.75, 3.05) is 6.79 Å². The largest absolute Gasteiger partial charge is 0.454 e. The zero-order valence-electron chi connectivity index (χ0n) is 14.6. The van der Waals surface area contributed by atoms with Crippen molar-refractivity contribution in [2.24, 2.45) is 4.99 Å². The molecule has 0 atom stereocenters. The molecular weight excluding hydrogens is 370 g/mol. The molecule has 1 aliphatic rings. The molecule has 0 saturated carbocycles. The summed E-state index contributed by atoms with van der Waals surface area (Å²) in [6.45, 7) is 4.39. The van der Waals surface area contributed by atoms with E-state index in [0.29, 0.717) is 28.4 Å². The first kappa shape index (κ1) is 17.2. The van der Waals surface area contributed by atoms with Gasteiger partial charge in [0.25, 0.3) is 11.6 Å². The Bertz CT molecular complexity index is 1160. The summed E-state index contributed by atoms with van der Waals surface area (Å²) in [4.78, 5) is 27.9. The number of nitro groups is 1. The molecule has 0 aliphatic carbocycles. The van der Waals surface area contributed by atoms with E-state index >= 15 is 0 Å². The van der Waals surface area contributed by atoms with E-state index in [4.69, 9.17) is 9.47 Å². The predicted octanol–water partition coefficient (Wildman–Crippen LogP) is 3.41. The third-order valence-corrected chi connectivity index (χ3v) is 5.38. The first-order valence-corrected chi connectivity index (χ1v) is 9.06. The number of thiazole rings is 1. The lowest BCUT2D eigenvalue weighted by atomic mass is 10.1. The molecule has 3 aromatic rings. The van der Waals surface area contributed by atoms with E-state index in [0.717, 1.165) is 10.2 Å². The van der Waals surface area contributed by atoms with Crippen LogP contribution in [-0.4, -0.2) is 22.2 Å². The van der Waals surface area contributed by atoms with Crippen molar-refractivity contribution < 1.29 is 19.2 Å². The van der Waals surface area contributed by atoms with E-state index in [1.807, 2.05) is 23.6 Å². The fourth-order valence-electron chi connectivity index (χ4n) is 2.94. The van der Waals surface area contributed by atoms with Crippen LogP contribution in [0.2, 0.25) is 0 Å². The highest BCUT2D eigenvalue weighted by molar-refractivity contribution is 7.16. The second kappa shape index (κ2) is 6.51. The van der Waals surface area contributed by atoms with Gasteiger partial charge >= 0.3 is 0 Å². The third-order valence-electron chi connectivity index (χ3n) is 4.34. The van der Waals surface area contributed by atoms with Gasteiger partial charge in [-0.1, -0.05) is 17.4 Å². The minimum absolute atomic E-state index is 0.0959. The Kier molecular flexibility index (Phi) is 4.15. The van der Waals surface area contributed by atoms with Gasteiger partial charge in [0.1, 0.15) is 0 Å². The zero-order valence-corrected chi connectivity index (χ0v) is 15.4. The lowest BCUT2D eigenvalue weighted by molar-refractivity contribution is -0.385. The van der Waals surface area contributed by atoms with Gasteiger partial charge in [-0.3, -0.25) is 14.9 Å². The van der Waals surface area contributed by atoms with Gasteiger partial charge in [0.2, 0.25) is 6.79 Å². The molecule has 8 nitrogen and oxygen atoms in total. The Morgan fingerprint density at radius 1 is 1.30 bits per heavy atom.